The van der Waals surface area contributed by atoms with Crippen LogP contribution in [0.5, 0.6) is 11.5 Å². The van der Waals surface area contributed by atoms with Gasteiger partial charge in [-0.05, 0) is 68.7 Å². The molecular formula is C29H36N2O5. The summed E-state index contributed by atoms with van der Waals surface area (Å²) in [5.74, 6) is 1.79. The molecule has 192 valence electrons. The first kappa shape index (κ1) is 27.1. The van der Waals surface area contributed by atoms with Crippen LogP contribution in [0.1, 0.15) is 47.0 Å². The van der Waals surface area contributed by atoms with Crippen LogP contribution in [0.25, 0.3) is 22.5 Å². The molecule has 0 aliphatic carbocycles. The lowest BCUT2D eigenvalue weighted by Gasteiger charge is -2.17. The standard InChI is InChI=1S/C29H36N2O5/c1-5-7-17-33-22(4)29(32)36-21(3)20-35-27-14-10-24(11-15-27)28-30-18-25(19-31-28)23-8-12-26(13-9-23)34-16-6-2/h8-15,18-19,21-22H,5-7,16-17,20H2,1-4H3. The summed E-state index contributed by atoms with van der Waals surface area (Å²) in [6.45, 7) is 9.18. The Balaban J connectivity index is 1.49. The molecule has 0 spiro atoms. The Bertz CT molecular complexity index is 1050. The van der Waals surface area contributed by atoms with Crippen molar-refractivity contribution in [2.45, 2.75) is 59.2 Å². The molecule has 1 heterocycles. The maximum absolute atomic E-state index is 12.1. The van der Waals surface area contributed by atoms with Crippen LogP contribution in [0.4, 0.5) is 0 Å². The summed E-state index contributed by atoms with van der Waals surface area (Å²) in [4.78, 5) is 21.2. The van der Waals surface area contributed by atoms with Crippen molar-refractivity contribution < 1.29 is 23.7 Å². The molecule has 0 bridgehead atoms. The quantitative estimate of drug-likeness (QED) is 0.198. The summed E-state index contributed by atoms with van der Waals surface area (Å²) in [7, 11) is 0. The number of hydrogen-bond acceptors (Lipinski definition) is 7. The van der Waals surface area contributed by atoms with Crippen LogP contribution >= 0.6 is 0 Å². The molecule has 0 saturated heterocycles. The highest BCUT2D eigenvalue weighted by Crippen LogP contribution is 2.24. The van der Waals surface area contributed by atoms with Crippen molar-refractivity contribution >= 4 is 5.97 Å². The molecule has 0 aliphatic rings. The molecule has 3 aromatic rings. The van der Waals surface area contributed by atoms with Crippen LogP contribution in [0.3, 0.4) is 0 Å². The maximum Gasteiger partial charge on any atom is 0.335 e. The average Bonchev–Trinajstić information content (AvgIpc) is 2.91. The molecule has 0 N–H and O–H groups in total. The topological polar surface area (TPSA) is 79.8 Å². The van der Waals surface area contributed by atoms with Gasteiger partial charge in [-0.1, -0.05) is 32.4 Å². The van der Waals surface area contributed by atoms with Gasteiger partial charge in [-0.15, -0.1) is 0 Å². The van der Waals surface area contributed by atoms with Crippen molar-refractivity contribution in [1.82, 2.24) is 9.97 Å². The van der Waals surface area contributed by atoms with Gasteiger partial charge in [0.15, 0.2) is 11.9 Å². The third-order valence-electron chi connectivity index (χ3n) is 5.42. The third-order valence-corrected chi connectivity index (χ3v) is 5.42. The molecule has 0 saturated carbocycles. The molecule has 36 heavy (non-hydrogen) atoms. The lowest BCUT2D eigenvalue weighted by molar-refractivity contribution is -0.162. The number of hydrogen-bond donors (Lipinski definition) is 0. The molecule has 7 heteroatoms. The fourth-order valence-electron chi connectivity index (χ4n) is 3.30. The largest absolute Gasteiger partial charge is 0.494 e. The summed E-state index contributed by atoms with van der Waals surface area (Å²) < 4.78 is 22.3. The van der Waals surface area contributed by atoms with Crippen molar-refractivity contribution in [3.8, 4) is 34.0 Å². The molecule has 7 nitrogen and oxygen atoms in total. The first-order valence-corrected chi connectivity index (χ1v) is 12.6. The average molecular weight is 493 g/mol. The van der Waals surface area contributed by atoms with Gasteiger partial charge in [0.05, 0.1) is 6.61 Å². The molecule has 0 aliphatic heterocycles. The van der Waals surface area contributed by atoms with Crippen LogP contribution in [-0.4, -0.2) is 48.0 Å². The Morgan fingerprint density at radius 3 is 2.00 bits per heavy atom. The van der Waals surface area contributed by atoms with Gasteiger partial charge in [-0.2, -0.15) is 0 Å². The molecule has 2 atom stereocenters. The Labute approximate surface area is 213 Å². The summed E-state index contributed by atoms with van der Waals surface area (Å²) in [5.41, 5.74) is 2.86. The molecule has 2 unspecified atom stereocenters. The zero-order valence-corrected chi connectivity index (χ0v) is 21.6. The number of esters is 1. The zero-order chi connectivity index (χ0) is 25.8. The molecule has 0 fully saturated rings. The van der Waals surface area contributed by atoms with E-state index in [-0.39, 0.29) is 12.6 Å². The highest BCUT2D eigenvalue weighted by atomic mass is 16.6. The van der Waals surface area contributed by atoms with Gasteiger partial charge in [0.25, 0.3) is 0 Å². The Kier molecular flexibility index (Phi) is 10.7. The summed E-state index contributed by atoms with van der Waals surface area (Å²) in [6, 6.07) is 15.5. The Hall–Kier alpha value is -3.45. The van der Waals surface area contributed by atoms with Crippen molar-refractivity contribution in [3.63, 3.8) is 0 Å². The molecule has 0 radical (unpaired) electrons. The van der Waals surface area contributed by atoms with Crippen LogP contribution in [0, 0.1) is 0 Å². The van der Waals surface area contributed by atoms with Crippen LogP contribution in [0.15, 0.2) is 60.9 Å². The highest BCUT2D eigenvalue weighted by molar-refractivity contribution is 5.74. The number of unbranched alkanes of at least 4 members (excludes halogenated alkanes) is 1. The first-order valence-electron chi connectivity index (χ1n) is 12.6. The summed E-state index contributed by atoms with van der Waals surface area (Å²) in [5, 5.41) is 0. The van der Waals surface area contributed by atoms with Gasteiger partial charge in [-0.25, -0.2) is 14.8 Å². The first-order chi connectivity index (χ1) is 17.5. The van der Waals surface area contributed by atoms with E-state index in [0.717, 1.165) is 41.7 Å². The SMILES string of the molecule is CCCCOC(C)C(=O)OC(C)COc1ccc(-c2ncc(-c3ccc(OCCC)cc3)cn2)cc1. The predicted molar refractivity (Wildman–Crippen MR) is 140 cm³/mol. The smallest absolute Gasteiger partial charge is 0.335 e. The molecule has 0 amide bonds. The van der Waals surface area contributed by atoms with Crippen LogP contribution < -0.4 is 9.47 Å². The van der Waals surface area contributed by atoms with Gasteiger partial charge in [0.1, 0.15) is 24.2 Å². The lowest BCUT2D eigenvalue weighted by atomic mass is 10.1. The van der Waals surface area contributed by atoms with E-state index >= 15 is 0 Å². The number of nitrogens with zero attached hydrogens (tertiary/aromatic N) is 2. The van der Waals surface area contributed by atoms with E-state index < -0.39 is 12.2 Å². The van der Waals surface area contributed by atoms with Crippen molar-refractivity contribution in [1.29, 1.82) is 0 Å². The number of carbonyl (C=O) groups excluding carboxylic acids is 1. The zero-order valence-electron chi connectivity index (χ0n) is 21.6. The van der Waals surface area contributed by atoms with Gasteiger partial charge in [0, 0.05) is 30.1 Å². The fourth-order valence-corrected chi connectivity index (χ4v) is 3.30. The Morgan fingerprint density at radius 2 is 1.39 bits per heavy atom. The minimum Gasteiger partial charge on any atom is -0.494 e. The number of rotatable bonds is 14. The number of benzene rings is 2. The van der Waals surface area contributed by atoms with E-state index in [9.17, 15) is 4.79 Å². The summed E-state index contributed by atoms with van der Waals surface area (Å²) in [6.07, 6.45) is 5.58. The summed E-state index contributed by atoms with van der Waals surface area (Å²) >= 11 is 0. The van der Waals surface area contributed by atoms with Crippen molar-refractivity contribution in [3.05, 3.63) is 60.9 Å². The Morgan fingerprint density at radius 1 is 0.778 bits per heavy atom. The molecule has 1 aromatic heterocycles. The van der Waals surface area contributed by atoms with Crippen molar-refractivity contribution in [2.75, 3.05) is 19.8 Å². The van der Waals surface area contributed by atoms with E-state index in [1.54, 1.807) is 13.8 Å². The van der Waals surface area contributed by atoms with Crippen LogP contribution in [-0.2, 0) is 14.3 Å². The molecule has 3 rings (SSSR count). The van der Waals surface area contributed by atoms with E-state index in [0.29, 0.717) is 24.8 Å². The predicted octanol–water partition coefficient (Wildman–Crippen LogP) is 6.12. The second-order valence-corrected chi connectivity index (χ2v) is 8.62. The number of aromatic nitrogens is 2. The van der Waals surface area contributed by atoms with E-state index in [1.807, 2.05) is 60.9 Å². The normalized spacial score (nSPS) is 12.6. The fraction of sp³-hybridized carbons (Fsp3) is 0.414. The van der Waals surface area contributed by atoms with Gasteiger partial charge in [-0.3, -0.25) is 0 Å². The van der Waals surface area contributed by atoms with Gasteiger partial charge >= 0.3 is 5.97 Å². The lowest BCUT2D eigenvalue weighted by Crippen LogP contribution is -2.30. The highest BCUT2D eigenvalue weighted by Gasteiger charge is 2.18. The van der Waals surface area contributed by atoms with Gasteiger partial charge < -0.3 is 18.9 Å². The van der Waals surface area contributed by atoms with E-state index in [4.69, 9.17) is 18.9 Å². The molecule has 2 aromatic carbocycles. The van der Waals surface area contributed by atoms with E-state index in [1.165, 1.54) is 0 Å². The second kappa shape index (κ2) is 14.2. The number of ether oxygens (including phenoxy) is 4. The maximum atomic E-state index is 12.1. The van der Waals surface area contributed by atoms with Gasteiger partial charge in [0.2, 0.25) is 0 Å². The monoisotopic (exact) mass is 492 g/mol. The van der Waals surface area contributed by atoms with Crippen LogP contribution in [0.2, 0.25) is 0 Å². The second-order valence-electron chi connectivity index (χ2n) is 8.62. The minimum absolute atomic E-state index is 0.250. The minimum atomic E-state index is -0.580. The molecular weight excluding hydrogens is 456 g/mol. The third kappa shape index (κ3) is 8.34. The van der Waals surface area contributed by atoms with E-state index in [2.05, 4.69) is 23.8 Å². The number of carbonyl (C=O) groups is 1. The van der Waals surface area contributed by atoms with Crippen molar-refractivity contribution in [2.24, 2.45) is 0 Å².